The number of aliphatic hydroxyl groups excluding tert-OH is 2. The Bertz CT molecular complexity index is 2030. The molecule has 4 aromatic rings. The van der Waals surface area contributed by atoms with Crippen LogP contribution in [0.2, 0.25) is 0 Å². The molecule has 268 valence electrons. The van der Waals surface area contributed by atoms with Gasteiger partial charge in [-0.05, 0) is 100 Å². The number of non-ortho nitro benzene ring substituents is 1. The molecule has 12 heteroatoms. The van der Waals surface area contributed by atoms with E-state index in [1.54, 1.807) is 18.2 Å². The molecule has 1 saturated heterocycles. The largest absolute Gasteiger partial charge is 0.504 e. The number of imide groups is 1. The van der Waals surface area contributed by atoms with E-state index >= 15 is 0 Å². The van der Waals surface area contributed by atoms with Crippen molar-refractivity contribution >= 4 is 57.4 Å². The third-order valence-electron chi connectivity index (χ3n) is 9.64. The summed E-state index contributed by atoms with van der Waals surface area (Å²) in [6, 6.07) is 27.7. The first kappa shape index (κ1) is 36.7. The minimum absolute atomic E-state index is 0.0154. The number of nitro groups is 1. The number of rotatable bonds is 13. The molecule has 0 radical (unpaired) electrons. The van der Waals surface area contributed by atoms with Crippen molar-refractivity contribution in [3.05, 3.63) is 133 Å². The summed E-state index contributed by atoms with van der Waals surface area (Å²) in [7, 11) is 1.48. The van der Waals surface area contributed by atoms with Crippen LogP contribution in [0.25, 0.3) is 11.6 Å². The van der Waals surface area contributed by atoms with Gasteiger partial charge in [-0.25, -0.2) is 4.90 Å². The van der Waals surface area contributed by atoms with Gasteiger partial charge in [-0.15, -0.1) is 0 Å². The van der Waals surface area contributed by atoms with Gasteiger partial charge in [-0.3, -0.25) is 19.7 Å². The molecule has 6 rings (SSSR count). The third-order valence-corrected chi connectivity index (χ3v) is 10.5. The van der Waals surface area contributed by atoms with E-state index in [1.165, 1.54) is 31.4 Å². The molecule has 52 heavy (non-hydrogen) atoms. The number of ether oxygens (including phenoxy) is 2. The standard InChI is InChI=1S/C40H37IN2O9/c1-51-35-19-24(18-33(41)38(35)46)17-26(25-9-4-2-5-10-25)15-16-34(45)36-27(23-52-30-13-6-3-7-14-30)20-31-37(32(36)22-44)40(48)42(39(31)47)28-11-8-12-29(21-28)43(49)50/h2-14,17-19,21,31-32,34,37,44-46H,15-16,20,22-23H2,1H3/b26-17-/t31-,32+,34-,37-/m1/s1. The van der Waals surface area contributed by atoms with Crippen LogP contribution in [0.4, 0.5) is 11.4 Å². The number of phenols is 1. The molecule has 0 saturated carbocycles. The van der Waals surface area contributed by atoms with E-state index in [1.807, 2.05) is 83.3 Å². The van der Waals surface area contributed by atoms with E-state index in [2.05, 4.69) is 0 Å². The minimum atomic E-state index is -1.12. The average molecular weight is 817 g/mol. The maximum atomic E-state index is 14.1. The lowest BCUT2D eigenvalue weighted by Gasteiger charge is -2.36. The Morgan fingerprint density at radius 3 is 2.40 bits per heavy atom. The number of aliphatic hydroxyl groups is 2. The number of amides is 2. The second-order valence-electron chi connectivity index (χ2n) is 12.7. The Hall–Kier alpha value is -5.05. The lowest BCUT2D eigenvalue weighted by Crippen LogP contribution is -2.40. The predicted octanol–water partition coefficient (Wildman–Crippen LogP) is 6.79. The van der Waals surface area contributed by atoms with Gasteiger partial charge in [0, 0.05) is 18.1 Å². The van der Waals surface area contributed by atoms with Crippen molar-refractivity contribution in [3.8, 4) is 17.2 Å². The average Bonchev–Trinajstić information content (AvgIpc) is 3.41. The van der Waals surface area contributed by atoms with Gasteiger partial charge in [-0.1, -0.05) is 60.7 Å². The second kappa shape index (κ2) is 16.1. The monoisotopic (exact) mass is 816 g/mol. The van der Waals surface area contributed by atoms with Crippen LogP contribution in [0.1, 0.15) is 30.4 Å². The zero-order valence-electron chi connectivity index (χ0n) is 28.2. The molecule has 0 bridgehead atoms. The lowest BCUT2D eigenvalue weighted by atomic mass is 9.68. The normalized spacial score (nSPS) is 19.4. The van der Waals surface area contributed by atoms with Crippen LogP contribution >= 0.6 is 22.6 Å². The van der Waals surface area contributed by atoms with E-state index < -0.39 is 47.2 Å². The first-order chi connectivity index (χ1) is 25.1. The number of aromatic hydroxyl groups is 1. The van der Waals surface area contributed by atoms with Crippen LogP contribution in [-0.4, -0.2) is 58.5 Å². The van der Waals surface area contributed by atoms with Gasteiger partial charge in [0.05, 0.1) is 45.8 Å². The number of phenolic OH excluding ortho intramolecular Hbond substituents is 1. The van der Waals surface area contributed by atoms with Gasteiger partial charge in [0.15, 0.2) is 11.5 Å². The Morgan fingerprint density at radius 1 is 1.02 bits per heavy atom. The maximum absolute atomic E-state index is 14.1. The number of carbonyl (C=O) groups excluding carboxylic acids is 2. The summed E-state index contributed by atoms with van der Waals surface area (Å²) in [6.45, 7) is -0.501. The van der Waals surface area contributed by atoms with E-state index in [0.29, 0.717) is 32.6 Å². The highest BCUT2D eigenvalue weighted by atomic mass is 127. The summed E-state index contributed by atoms with van der Waals surface area (Å²) in [5.41, 5.74) is 3.48. The highest BCUT2D eigenvalue weighted by molar-refractivity contribution is 14.1. The summed E-state index contributed by atoms with van der Waals surface area (Å²) >= 11 is 2.04. The van der Waals surface area contributed by atoms with Crippen molar-refractivity contribution < 1.29 is 39.3 Å². The number of nitro benzene ring substituents is 1. The van der Waals surface area contributed by atoms with Crippen molar-refractivity contribution in [2.75, 3.05) is 25.2 Å². The molecule has 1 aliphatic heterocycles. The Labute approximate surface area is 314 Å². The molecule has 0 aromatic heterocycles. The zero-order valence-corrected chi connectivity index (χ0v) is 30.4. The smallest absolute Gasteiger partial charge is 0.271 e. The summed E-state index contributed by atoms with van der Waals surface area (Å²) < 4.78 is 12.1. The first-order valence-corrected chi connectivity index (χ1v) is 17.8. The van der Waals surface area contributed by atoms with Crippen molar-refractivity contribution in [2.24, 2.45) is 17.8 Å². The maximum Gasteiger partial charge on any atom is 0.271 e. The third kappa shape index (κ3) is 7.59. The van der Waals surface area contributed by atoms with Crippen molar-refractivity contribution in [1.82, 2.24) is 0 Å². The number of nitrogens with zero attached hydrogens (tertiary/aromatic N) is 2. The quantitative estimate of drug-likeness (QED) is 0.0330. The molecule has 11 nitrogen and oxygen atoms in total. The number of methoxy groups -OCH3 is 1. The van der Waals surface area contributed by atoms with Crippen molar-refractivity contribution in [2.45, 2.75) is 25.4 Å². The number of hydrogen-bond donors (Lipinski definition) is 3. The van der Waals surface area contributed by atoms with Crippen LogP contribution in [0.15, 0.2) is 108 Å². The Kier molecular flexibility index (Phi) is 11.4. The number of hydrogen-bond acceptors (Lipinski definition) is 9. The summed E-state index contributed by atoms with van der Waals surface area (Å²) in [4.78, 5) is 39.9. The first-order valence-electron chi connectivity index (χ1n) is 16.7. The van der Waals surface area contributed by atoms with Crippen LogP contribution in [0.3, 0.4) is 0 Å². The number of benzene rings is 4. The number of fused-ring (bicyclic) bond motifs is 1. The molecule has 4 atom stereocenters. The molecule has 1 aliphatic carbocycles. The zero-order chi connectivity index (χ0) is 36.9. The number of carbonyl (C=O) groups is 2. The summed E-state index contributed by atoms with van der Waals surface area (Å²) in [5, 5.41) is 44.8. The van der Waals surface area contributed by atoms with Gasteiger partial charge in [0.1, 0.15) is 12.4 Å². The molecule has 1 heterocycles. The van der Waals surface area contributed by atoms with Gasteiger partial charge < -0.3 is 24.8 Å². The highest BCUT2D eigenvalue weighted by Gasteiger charge is 2.55. The second-order valence-corrected chi connectivity index (χ2v) is 13.9. The number of halogens is 1. The Balaban J connectivity index is 1.35. The van der Waals surface area contributed by atoms with E-state index in [4.69, 9.17) is 9.47 Å². The van der Waals surface area contributed by atoms with Gasteiger partial charge in [0.25, 0.3) is 5.69 Å². The Morgan fingerprint density at radius 2 is 1.73 bits per heavy atom. The van der Waals surface area contributed by atoms with Crippen LogP contribution in [0, 0.1) is 31.4 Å². The molecular weight excluding hydrogens is 779 g/mol. The molecule has 4 aromatic carbocycles. The topological polar surface area (TPSA) is 160 Å². The highest BCUT2D eigenvalue weighted by Crippen LogP contribution is 2.48. The van der Waals surface area contributed by atoms with Crippen LogP contribution < -0.4 is 14.4 Å². The number of allylic oxidation sites excluding steroid dienone is 1. The molecular formula is C40H37IN2O9. The van der Waals surface area contributed by atoms with Crippen molar-refractivity contribution in [3.63, 3.8) is 0 Å². The SMILES string of the molecule is COc1cc(/C=C(/CC[C@@H](O)C2=C(COc3ccccc3)C[C@H]3C(=O)N(c4cccc([N+](=O)[O-])c4)C(=O)[C@H]3[C@H]2CO)c2ccccc2)cc(I)c1O. The fourth-order valence-electron chi connectivity index (χ4n) is 7.21. The molecule has 0 unspecified atom stereocenters. The molecule has 3 N–H and O–H groups in total. The minimum Gasteiger partial charge on any atom is -0.504 e. The van der Waals surface area contributed by atoms with E-state index in [-0.39, 0.29) is 36.6 Å². The van der Waals surface area contributed by atoms with E-state index in [9.17, 15) is 35.0 Å². The molecule has 1 fully saturated rings. The molecule has 0 spiro atoms. The number of para-hydroxylation sites is 1. The van der Waals surface area contributed by atoms with Crippen molar-refractivity contribution in [1.29, 1.82) is 0 Å². The number of anilines is 1. The van der Waals surface area contributed by atoms with E-state index in [0.717, 1.165) is 21.6 Å². The van der Waals surface area contributed by atoms with Gasteiger partial charge >= 0.3 is 0 Å². The summed E-state index contributed by atoms with van der Waals surface area (Å²) in [5.74, 6) is -2.91. The van der Waals surface area contributed by atoms with Crippen LogP contribution in [0.5, 0.6) is 17.2 Å². The molecule has 2 amide bonds. The fraction of sp³-hybridized carbons (Fsp3) is 0.250. The van der Waals surface area contributed by atoms with Gasteiger partial charge in [-0.2, -0.15) is 0 Å². The summed E-state index contributed by atoms with van der Waals surface area (Å²) in [6.07, 6.45) is 1.55. The predicted molar refractivity (Wildman–Crippen MR) is 204 cm³/mol. The molecule has 2 aliphatic rings. The van der Waals surface area contributed by atoms with Gasteiger partial charge in [0.2, 0.25) is 11.8 Å². The fourth-order valence-corrected chi connectivity index (χ4v) is 7.84. The van der Waals surface area contributed by atoms with Crippen LogP contribution in [-0.2, 0) is 9.59 Å². The lowest BCUT2D eigenvalue weighted by molar-refractivity contribution is -0.384.